The molecule has 70 valence electrons. The van der Waals surface area contributed by atoms with E-state index in [9.17, 15) is 5.11 Å². The Kier molecular flexibility index (Phi) is 1.59. The largest absolute Gasteiger partial charge is 0.387 e. The van der Waals surface area contributed by atoms with Crippen molar-refractivity contribution in [3.8, 4) is 0 Å². The quantitative estimate of drug-likeness (QED) is 0.599. The van der Waals surface area contributed by atoms with Crippen LogP contribution in [0.5, 0.6) is 0 Å². The van der Waals surface area contributed by atoms with Gasteiger partial charge in [0.1, 0.15) is 0 Å². The number of aliphatic hydroxyl groups is 1. The highest BCUT2D eigenvalue weighted by molar-refractivity contribution is 5.01. The van der Waals surface area contributed by atoms with Crippen molar-refractivity contribution in [1.29, 1.82) is 0 Å². The van der Waals surface area contributed by atoms with E-state index in [2.05, 4.69) is 13.8 Å². The van der Waals surface area contributed by atoms with Gasteiger partial charge in [0, 0.05) is 0 Å². The summed E-state index contributed by atoms with van der Waals surface area (Å²) in [5.41, 5.74) is -0.588. The van der Waals surface area contributed by atoms with E-state index in [1.54, 1.807) is 0 Å². The van der Waals surface area contributed by atoms with Crippen LogP contribution >= 0.6 is 0 Å². The average molecular weight is 170 g/mol. The molecular weight excluding hydrogens is 152 g/mol. The monoisotopic (exact) mass is 170 g/mol. The second kappa shape index (κ2) is 2.24. The van der Waals surface area contributed by atoms with Gasteiger partial charge in [0.05, 0.1) is 17.3 Å². The minimum atomic E-state index is -0.579. The van der Waals surface area contributed by atoms with Crippen LogP contribution in [0, 0.1) is 5.92 Å². The van der Waals surface area contributed by atoms with E-state index in [0.717, 1.165) is 19.3 Å². The van der Waals surface area contributed by atoms with Gasteiger partial charge in [-0.3, -0.25) is 0 Å². The molecule has 1 aliphatic carbocycles. The summed E-state index contributed by atoms with van der Waals surface area (Å²) in [6.45, 7) is 6.17. The lowest BCUT2D eigenvalue weighted by Gasteiger charge is -2.32. The fraction of sp³-hybridized carbons (Fsp3) is 1.00. The second-order valence-corrected chi connectivity index (χ2v) is 5.04. The van der Waals surface area contributed by atoms with Crippen molar-refractivity contribution in [2.45, 2.75) is 57.3 Å². The fourth-order valence-corrected chi connectivity index (χ4v) is 2.53. The third kappa shape index (κ3) is 1.09. The van der Waals surface area contributed by atoms with Crippen LogP contribution in [0.25, 0.3) is 0 Å². The Balaban J connectivity index is 2.21. The summed E-state index contributed by atoms with van der Waals surface area (Å²) >= 11 is 0. The van der Waals surface area contributed by atoms with Gasteiger partial charge in [-0.05, 0) is 46.0 Å². The molecule has 0 aromatic rings. The van der Waals surface area contributed by atoms with Crippen LogP contribution in [0.4, 0.5) is 0 Å². The van der Waals surface area contributed by atoms with Gasteiger partial charge >= 0.3 is 0 Å². The fourth-order valence-electron chi connectivity index (χ4n) is 2.53. The first-order valence-corrected chi connectivity index (χ1v) is 4.82. The highest BCUT2D eigenvalue weighted by Crippen LogP contribution is 2.48. The lowest BCUT2D eigenvalue weighted by molar-refractivity contribution is -0.112. The van der Waals surface area contributed by atoms with E-state index in [-0.39, 0.29) is 11.7 Å². The van der Waals surface area contributed by atoms with Crippen LogP contribution < -0.4 is 0 Å². The molecule has 2 fully saturated rings. The zero-order chi connectivity index (χ0) is 8.98. The standard InChI is InChI=1S/C10H18O2/c1-9(2)7-4-5-10(3,11)8(6-7)12-9/h7-8,11H,4-6H2,1-3H3/t7-,8-,10?/m0/s1. The predicted octanol–water partition coefficient (Wildman–Crippen LogP) is 1.71. The van der Waals surface area contributed by atoms with Gasteiger partial charge in [-0.1, -0.05) is 0 Å². The summed E-state index contributed by atoms with van der Waals surface area (Å²) in [6.07, 6.45) is 3.12. The first-order chi connectivity index (χ1) is 5.42. The van der Waals surface area contributed by atoms with Gasteiger partial charge in [-0.2, -0.15) is 0 Å². The third-order valence-corrected chi connectivity index (χ3v) is 3.62. The van der Waals surface area contributed by atoms with Crippen molar-refractivity contribution < 1.29 is 9.84 Å². The topological polar surface area (TPSA) is 29.5 Å². The molecular formula is C10H18O2. The third-order valence-electron chi connectivity index (χ3n) is 3.62. The highest BCUT2D eigenvalue weighted by Gasteiger charge is 2.52. The lowest BCUT2D eigenvalue weighted by Crippen LogP contribution is -2.41. The molecule has 2 heteroatoms. The molecule has 0 amide bonds. The lowest BCUT2D eigenvalue weighted by atomic mass is 9.75. The summed E-state index contributed by atoms with van der Waals surface area (Å²) in [4.78, 5) is 0. The molecule has 0 aromatic carbocycles. The Morgan fingerprint density at radius 1 is 1.33 bits per heavy atom. The molecule has 2 bridgehead atoms. The summed E-state index contributed by atoms with van der Waals surface area (Å²) < 4.78 is 5.84. The Bertz CT molecular complexity index is 194. The van der Waals surface area contributed by atoms with E-state index < -0.39 is 5.60 Å². The van der Waals surface area contributed by atoms with Crippen molar-refractivity contribution in [3.05, 3.63) is 0 Å². The van der Waals surface area contributed by atoms with Crippen molar-refractivity contribution in [2.24, 2.45) is 5.92 Å². The van der Waals surface area contributed by atoms with E-state index in [0.29, 0.717) is 5.92 Å². The molecule has 1 N–H and O–H groups in total. The van der Waals surface area contributed by atoms with Crippen LogP contribution in [-0.4, -0.2) is 22.4 Å². The number of rotatable bonds is 0. The normalized spacial score (nSPS) is 51.0. The molecule has 0 spiro atoms. The molecule has 2 nitrogen and oxygen atoms in total. The Morgan fingerprint density at radius 2 is 2.00 bits per heavy atom. The maximum absolute atomic E-state index is 9.97. The number of hydrogen-bond donors (Lipinski definition) is 1. The zero-order valence-electron chi connectivity index (χ0n) is 8.13. The molecule has 2 rings (SSSR count). The molecule has 1 saturated heterocycles. The van der Waals surface area contributed by atoms with Gasteiger partial charge < -0.3 is 9.84 Å². The predicted molar refractivity (Wildman–Crippen MR) is 46.9 cm³/mol. The van der Waals surface area contributed by atoms with Crippen molar-refractivity contribution in [1.82, 2.24) is 0 Å². The van der Waals surface area contributed by atoms with Gasteiger partial charge in [0.25, 0.3) is 0 Å². The summed E-state index contributed by atoms with van der Waals surface area (Å²) in [6, 6.07) is 0. The van der Waals surface area contributed by atoms with Gasteiger partial charge in [0.15, 0.2) is 0 Å². The molecule has 3 atom stereocenters. The first kappa shape index (κ1) is 8.52. The van der Waals surface area contributed by atoms with Crippen molar-refractivity contribution in [2.75, 3.05) is 0 Å². The van der Waals surface area contributed by atoms with E-state index in [4.69, 9.17) is 4.74 Å². The maximum Gasteiger partial charge on any atom is 0.0880 e. The van der Waals surface area contributed by atoms with Crippen LogP contribution in [-0.2, 0) is 4.74 Å². The average Bonchev–Trinajstić information content (AvgIpc) is 2.17. The Morgan fingerprint density at radius 3 is 2.58 bits per heavy atom. The van der Waals surface area contributed by atoms with Gasteiger partial charge in [-0.15, -0.1) is 0 Å². The Hall–Kier alpha value is -0.0800. The molecule has 0 aromatic heterocycles. The summed E-state index contributed by atoms with van der Waals surface area (Å²) in [5.74, 6) is 0.655. The highest BCUT2D eigenvalue weighted by atomic mass is 16.5. The molecule has 1 aliphatic heterocycles. The summed E-state index contributed by atoms with van der Waals surface area (Å²) in [5, 5.41) is 9.97. The first-order valence-electron chi connectivity index (χ1n) is 4.82. The summed E-state index contributed by atoms with van der Waals surface area (Å²) in [7, 11) is 0. The SMILES string of the molecule is CC1(O)CC[C@H]2C[C@@H]1OC2(C)C. The van der Waals surface area contributed by atoms with Crippen molar-refractivity contribution >= 4 is 0 Å². The Labute approximate surface area is 73.9 Å². The molecule has 1 saturated carbocycles. The molecule has 0 radical (unpaired) electrons. The molecule has 1 heterocycles. The van der Waals surface area contributed by atoms with Crippen LogP contribution in [0.2, 0.25) is 0 Å². The molecule has 12 heavy (non-hydrogen) atoms. The molecule has 1 unspecified atom stereocenters. The van der Waals surface area contributed by atoms with Gasteiger partial charge in [-0.25, -0.2) is 0 Å². The van der Waals surface area contributed by atoms with E-state index in [1.165, 1.54) is 0 Å². The maximum atomic E-state index is 9.97. The molecule has 2 aliphatic rings. The second-order valence-electron chi connectivity index (χ2n) is 5.04. The van der Waals surface area contributed by atoms with E-state index in [1.807, 2.05) is 6.92 Å². The van der Waals surface area contributed by atoms with Crippen LogP contribution in [0.15, 0.2) is 0 Å². The smallest absolute Gasteiger partial charge is 0.0880 e. The number of hydrogen-bond acceptors (Lipinski definition) is 2. The van der Waals surface area contributed by atoms with Gasteiger partial charge in [0.2, 0.25) is 0 Å². The van der Waals surface area contributed by atoms with Crippen LogP contribution in [0.1, 0.15) is 40.0 Å². The minimum Gasteiger partial charge on any atom is -0.387 e. The minimum absolute atomic E-state index is 0.00877. The zero-order valence-corrected chi connectivity index (χ0v) is 8.13. The number of fused-ring (bicyclic) bond motifs is 2. The van der Waals surface area contributed by atoms with E-state index >= 15 is 0 Å². The van der Waals surface area contributed by atoms with Crippen molar-refractivity contribution in [3.63, 3.8) is 0 Å². The number of ether oxygens (including phenoxy) is 1. The van der Waals surface area contributed by atoms with Crippen LogP contribution in [0.3, 0.4) is 0 Å².